The van der Waals surface area contributed by atoms with Crippen LogP contribution in [0.1, 0.15) is 36.7 Å². The first-order valence-electron chi connectivity index (χ1n) is 12.9. The van der Waals surface area contributed by atoms with Gasteiger partial charge in [-0.1, -0.05) is 26.0 Å². The van der Waals surface area contributed by atoms with E-state index in [0.717, 1.165) is 37.4 Å². The fourth-order valence-corrected chi connectivity index (χ4v) is 4.71. The number of hydrogen-bond acceptors (Lipinski definition) is 6. The van der Waals surface area contributed by atoms with Gasteiger partial charge < -0.3 is 25.2 Å². The monoisotopic (exact) mass is 503 g/mol. The van der Waals surface area contributed by atoms with Gasteiger partial charge in [0.2, 0.25) is 0 Å². The number of phenols is 2. The molecule has 1 fully saturated rings. The third kappa shape index (κ3) is 6.74. The van der Waals surface area contributed by atoms with Crippen molar-refractivity contribution >= 4 is 11.6 Å². The van der Waals surface area contributed by atoms with Gasteiger partial charge in [-0.05, 0) is 73.9 Å². The van der Waals surface area contributed by atoms with Crippen LogP contribution in [0.4, 0.5) is 5.69 Å². The van der Waals surface area contributed by atoms with Gasteiger partial charge in [-0.15, -0.1) is 0 Å². The Morgan fingerprint density at radius 1 is 1.05 bits per heavy atom. The molecule has 3 aromatic carbocycles. The number of rotatable bonds is 8. The van der Waals surface area contributed by atoms with E-state index in [4.69, 9.17) is 4.74 Å². The Labute approximate surface area is 219 Å². The summed E-state index contributed by atoms with van der Waals surface area (Å²) < 4.78 is 5.80. The van der Waals surface area contributed by atoms with Crippen LogP contribution in [0, 0.1) is 12.8 Å². The molecular formula is C30H37N3O4. The first-order chi connectivity index (χ1) is 17.7. The van der Waals surface area contributed by atoms with Gasteiger partial charge in [0.1, 0.15) is 11.5 Å². The zero-order chi connectivity index (χ0) is 26.5. The summed E-state index contributed by atoms with van der Waals surface area (Å²) in [5.41, 5.74) is 2.58. The standard InChI is InChI=1S/C30H37N3O4/c1-20(2)27(19-32-14-15-33(22(4)18-32)24-6-5-7-25(34)17-24)31-30(36)23-9-11-26(12-10-23)37-29-16-21(3)8-13-28(29)35/h5-13,16-17,20,22,27,34-35H,14-15,18-19H2,1-4H3,(H,31,36)/t22-,27+/m0/s1. The van der Waals surface area contributed by atoms with Gasteiger partial charge in [0.05, 0.1) is 0 Å². The second-order valence-electron chi connectivity index (χ2n) is 10.2. The Hall–Kier alpha value is -3.71. The number of ether oxygens (including phenoxy) is 1. The maximum atomic E-state index is 13.1. The van der Waals surface area contributed by atoms with Gasteiger partial charge in [0.25, 0.3) is 5.91 Å². The second-order valence-corrected chi connectivity index (χ2v) is 10.2. The number of nitrogens with one attached hydrogen (secondary N) is 1. The van der Waals surface area contributed by atoms with Crippen LogP contribution in [0.3, 0.4) is 0 Å². The smallest absolute Gasteiger partial charge is 0.251 e. The second kappa shape index (κ2) is 11.6. The quantitative estimate of drug-likeness (QED) is 0.394. The van der Waals surface area contributed by atoms with Crippen LogP contribution in [-0.4, -0.2) is 59.3 Å². The Morgan fingerprint density at radius 2 is 1.81 bits per heavy atom. The summed E-state index contributed by atoms with van der Waals surface area (Å²) in [4.78, 5) is 17.8. The molecule has 4 rings (SSSR count). The van der Waals surface area contributed by atoms with Gasteiger partial charge in [0.15, 0.2) is 11.5 Å². The molecule has 0 spiro atoms. The molecule has 0 saturated carbocycles. The van der Waals surface area contributed by atoms with Gasteiger partial charge in [-0.3, -0.25) is 9.69 Å². The molecule has 0 bridgehead atoms. The lowest BCUT2D eigenvalue weighted by Crippen LogP contribution is -2.56. The van der Waals surface area contributed by atoms with Gasteiger partial charge >= 0.3 is 0 Å². The Morgan fingerprint density at radius 3 is 2.49 bits per heavy atom. The van der Waals surface area contributed by atoms with Crippen molar-refractivity contribution in [1.29, 1.82) is 0 Å². The lowest BCUT2D eigenvalue weighted by Gasteiger charge is -2.42. The maximum absolute atomic E-state index is 13.1. The Kier molecular flexibility index (Phi) is 8.24. The number of aromatic hydroxyl groups is 2. The summed E-state index contributed by atoms with van der Waals surface area (Å²) in [6, 6.07) is 19.9. The van der Waals surface area contributed by atoms with E-state index in [1.54, 1.807) is 42.5 Å². The van der Waals surface area contributed by atoms with E-state index in [-0.39, 0.29) is 29.4 Å². The number of amides is 1. The molecule has 37 heavy (non-hydrogen) atoms. The molecule has 0 unspecified atom stereocenters. The van der Waals surface area contributed by atoms with E-state index in [1.165, 1.54) is 0 Å². The van der Waals surface area contributed by atoms with E-state index in [9.17, 15) is 15.0 Å². The highest BCUT2D eigenvalue weighted by molar-refractivity contribution is 5.94. The first-order valence-corrected chi connectivity index (χ1v) is 12.9. The molecule has 0 aliphatic carbocycles. The number of phenolic OH excluding ortho intramolecular Hbond substituents is 2. The molecule has 0 radical (unpaired) electrons. The number of benzene rings is 3. The maximum Gasteiger partial charge on any atom is 0.251 e. The zero-order valence-corrected chi connectivity index (χ0v) is 22.0. The highest BCUT2D eigenvalue weighted by Gasteiger charge is 2.27. The number of carbonyl (C=O) groups excluding carboxylic acids is 1. The van der Waals surface area contributed by atoms with Crippen LogP contribution >= 0.6 is 0 Å². The van der Waals surface area contributed by atoms with Crippen molar-refractivity contribution in [3.63, 3.8) is 0 Å². The predicted octanol–water partition coefficient (Wildman–Crippen LogP) is 5.16. The Balaban J connectivity index is 1.34. The zero-order valence-electron chi connectivity index (χ0n) is 22.0. The van der Waals surface area contributed by atoms with Crippen molar-refractivity contribution in [3.8, 4) is 23.0 Å². The number of carbonyl (C=O) groups is 1. The molecule has 1 heterocycles. The van der Waals surface area contributed by atoms with E-state index in [2.05, 4.69) is 35.9 Å². The van der Waals surface area contributed by atoms with Crippen molar-refractivity contribution in [2.45, 2.75) is 39.8 Å². The molecule has 0 aromatic heterocycles. The first kappa shape index (κ1) is 26.4. The molecule has 1 saturated heterocycles. The molecule has 7 heteroatoms. The average Bonchev–Trinajstić information content (AvgIpc) is 2.86. The average molecular weight is 504 g/mol. The fraction of sp³-hybridized carbons (Fsp3) is 0.367. The molecule has 3 N–H and O–H groups in total. The molecule has 1 amide bonds. The lowest BCUT2D eigenvalue weighted by molar-refractivity contribution is 0.0903. The van der Waals surface area contributed by atoms with Gasteiger partial charge in [-0.25, -0.2) is 0 Å². The van der Waals surface area contributed by atoms with Crippen molar-refractivity contribution < 1.29 is 19.7 Å². The number of anilines is 1. The largest absolute Gasteiger partial charge is 0.508 e. The van der Waals surface area contributed by atoms with Crippen LogP contribution in [-0.2, 0) is 0 Å². The van der Waals surface area contributed by atoms with Crippen molar-refractivity contribution in [1.82, 2.24) is 10.2 Å². The van der Waals surface area contributed by atoms with Crippen LogP contribution in [0.25, 0.3) is 0 Å². The van der Waals surface area contributed by atoms with Gasteiger partial charge in [0, 0.05) is 55.6 Å². The summed E-state index contributed by atoms with van der Waals surface area (Å²) >= 11 is 0. The number of hydrogen-bond donors (Lipinski definition) is 3. The molecule has 1 aliphatic heterocycles. The predicted molar refractivity (Wildman–Crippen MR) is 147 cm³/mol. The summed E-state index contributed by atoms with van der Waals surface area (Å²) in [6.45, 7) is 11.8. The molecule has 7 nitrogen and oxygen atoms in total. The molecule has 2 atom stereocenters. The number of piperazine rings is 1. The van der Waals surface area contributed by atoms with E-state index >= 15 is 0 Å². The Bertz CT molecular complexity index is 1210. The summed E-state index contributed by atoms with van der Waals surface area (Å²) in [5, 5.41) is 23.1. The topological polar surface area (TPSA) is 85.3 Å². The lowest BCUT2D eigenvalue weighted by atomic mass is 10.0. The van der Waals surface area contributed by atoms with Crippen molar-refractivity contribution in [3.05, 3.63) is 77.9 Å². The molecule has 1 aliphatic rings. The fourth-order valence-electron chi connectivity index (χ4n) is 4.71. The third-order valence-electron chi connectivity index (χ3n) is 6.91. The van der Waals surface area contributed by atoms with Gasteiger partial charge in [-0.2, -0.15) is 0 Å². The highest BCUT2D eigenvalue weighted by Crippen LogP contribution is 2.31. The van der Waals surface area contributed by atoms with E-state index in [1.807, 2.05) is 31.2 Å². The van der Waals surface area contributed by atoms with E-state index < -0.39 is 0 Å². The minimum absolute atomic E-state index is 0.00665. The number of nitrogens with zero attached hydrogens (tertiary/aromatic N) is 2. The minimum atomic E-state index is -0.116. The third-order valence-corrected chi connectivity index (χ3v) is 6.91. The minimum Gasteiger partial charge on any atom is -0.508 e. The van der Waals surface area contributed by atoms with Crippen molar-refractivity contribution in [2.24, 2.45) is 5.92 Å². The van der Waals surface area contributed by atoms with Crippen LogP contribution in [0.2, 0.25) is 0 Å². The van der Waals surface area contributed by atoms with Crippen LogP contribution < -0.4 is 15.0 Å². The summed E-state index contributed by atoms with van der Waals surface area (Å²) in [6.07, 6.45) is 0. The molecular weight excluding hydrogens is 466 g/mol. The van der Waals surface area contributed by atoms with E-state index in [0.29, 0.717) is 23.1 Å². The molecule has 3 aromatic rings. The van der Waals surface area contributed by atoms with Crippen molar-refractivity contribution in [2.75, 3.05) is 31.1 Å². The van der Waals surface area contributed by atoms with Crippen LogP contribution in [0.5, 0.6) is 23.0 Å². The number of aryl methyl sites for hydroxylation is 1. The molecule has 196 valence electrons. The van der Waals surface area contributed by atoms with Crippen LogP contribution in [0.15, 0.2) is 66.7 Å². The summed E-state index contributed by atoms with van der Waals surface area (Å²) in [5.74, 6) is 1.45. The highest BCUT2D eigenvalue weighted by atomic mass is 16.5. The normalized spacial score (nSPS) is 17.0. The SMILES string of the molecule is Cc1ccc(O)c(Oc2ccc(C(=O)N[C@H](CN3CCN(c4cccc(O)c4)[C@@H](C)C3)C(C)C)cc2)c1. The summed E-state index contributed by atoms with van der Waals surface area (Å²) in [7, 11) is 0.